The Kier molecular flexibility index (Phi) is 3.15. The average molecular weight is 258 g/mol. The third-order valence-corrected chi connectivity index (χ3v) is 3.28. The maximum Gasteiger partial charge on any atom is 0.154 e. The Bertz CT molecular complexity index is 480. The van der Waals surface area contributed by atoms with Crippen molar-refractivity contribution in [1.82, 2.24) is 0 Å². The average Bonchev–Trinajstić information content (AvgIpc) is 2.68. The molecule has 1 atom stereocenters. The maximum absolute atomic E-state index is 6.07. The van der Waals surface area contributed by atoms with Crippen LogP contribution in [-0.2, 0) is 0 Å². The number of halogens is 2. The first-order valence-electron chi connectivity index (χ1n) is 5.13. The highest BCUT2D eigenvalue weighted by atomic mass is 35.5. The van der Waals surface area contributed by atoms with Crippen LogP contribution < -0.4 is 5.73 Å². The summed E-state index contributed by atoms with van der Waals surface area (Å²) >= 11 is 12.1. The van der Waals surface area contributed by atoms with Gasteiger partial charge in [0.1, 0.15) is 5.76 Å². The van der Waals surface area contributed by atoms with Gasteiger partial charge in [-0.15, -0.1) is 0 Å². The predicted octanol–water partition coefficient (Wildman–Crippen LogP) is 4.40. The molecular formula is C12H13Cl2NO. The van der Waals surface area contributed by atoms with E-state index in [9.17, 15) is 0 Å². The van der Waals surface area contributed by atoms with E-state index in [4.69, 9.17) is 33.4 Å². The van der Waals surface area contributed by atoms with Crippen LogP contribution in [0.1, 0.15) is 25.6 Å². The van der Waals surface area contributed by atoms with E-state index in [0.29, 0.717) is 21.5 Å². The van der Waals surface area contributed by atoms with Crippen LogP contribution in [-0.4, -0.2) is 0 Å². The summed E-state index contributed by atoms with van der Waals surface area (Å²) in [5, 5.41) is 2.01. The van der Waals surface area contributed by atoms with Crippen molar-refractivity contribution in [2.75, 3.05) is 0 Å². The molecule has 2 aromatic rings. The van der Waals surface area contributed by atoms with Gasteiger partial charge in [0.2, 0.25) is 0 Å². The van der Waals surface area contributed by atoms with Crippen LogP contribution in [0.25, 0.3) is 11.0 Å². The van der Waals surface area contributed by atoms with E-state index < -0.39 is 0 Å². The monoisotopic (exact) mass is 257 g/mol. The molecule has 0 saturated carbocycles. The molecule has 0 fully saturated rings. The highest BCUT2D eigenvalue weighted by molar-refractivity contribution is 6.39. The lowest BCUT2D eigenvalue weighted by Crippen LogP contribution is -2.15. The Hall–Kier alpha value is -0.700. The lowest BCUT2D eigenvalue weighted by Gasteiger charge is -2.11. The quantitative estimate of drug-likeness (QED) is 0.867. The van der Waals surface area contributed by atoms with Gasteiger partial charge in [-0.1, -0.05) is 37.0 Å². The van der Waals surface area contributed by atoms with Crippen LogP contribution in [0.15, 0.2) is 22.6 Å². The first-order valence-corrected chi connectivity index (χ1v) is 5.89. The number of benzene rings is 1. The van der Waals surface area contributed by atoms with E-state index in [1.165, 1.54) is 0 Å². The van der Waals surface area contributed by atoms with Crippen LogP contribution in [0.3, 0.4) is 0 Å². The Labute approximate surface area is 104 Å². The number of fused-ring (bicyclic) bond motifs is 1. The van der Waals surface area contributed by atoms with Crippen molar-refractivity contribution in [3.63, 3.8) is 0 Å². The largest absolute Gasteiger partial charge is 0.458 e. The van der Waals surface area contributed by atoms with E-state index in [1.807, 2.05) is 19.9 Å². The molecule has 0 saturated heterocycles. The van der Waals surface area contributed by atoms with Gasteiger partial charge in [0, 0.05) is 5.39 Å². The Balaban J connectivity index is 2.60. The summed E-state index contributed by atoms with van der Waals surface area (Å²) in [5.41, 5.74) is 6.63. The minimum absolute atomic E-state index is 0.139. The molecule has 1 aromatic heterocycles. The second-order valence-corrected chi connectivity index (χ2v) is 5.00. The van der Waals surface area contributed by atoms with Gasteiger partial charge < -0.3 is 10.2 Å². The van der Waals surface area contributed by atoms with E-state index >= 15 is 0 Å². The smallest absolute Gasteiger partial charge is 0.154 e. The Morgan fingerprint density at radius 3 is 2.38 bits per heavy atom. The van der Waals surface area contributed by atoms with Crippen LogP contribution in [0.5, 0.6) is 0 Å². The molecule has 86 valence electrons. The number of nitrogens with two attached hydrogens (primary N) is 1. The molecule has 0 aliphatic carbocycles. The molecule has 0 amide bonds. The zero-order valence-corrected chi connectivity index (χ0v) is 10.6. The van der Waals surface area contributed by atoms with Crippen LogP contribution in [0.4, 0.5) is 0 Å². The van der Waals surface area contributed by atoms with Crippen LogP contribution in [0, 0.1) is 5.92 Å². The summed E-state index contributed by atoms with van der Waals surface area (Å²) in [4.78, 5) is 0. The third kappa shape index (κ3) is 1.93. The first kappa shape index (κ1) is 11.8. The predicted molar refractivity (Wildman–Crippen MR) is 68.0 cm³/mol. The molecular weight excluding hydrogens is 245 g/mol. The van der Waals surface area contributed by atoms with Gasteiger partial charge in [0.25, 0.3) is 0 Å². The second-order valence-electron chi connectivity index (χ2n) is 4.19. The number of rotatable bonds is 2. The summed E-state index contributed by atoms with van der Waals surface area (Å²) in [6, 6.07) is 5.21. The van der Waals surface area contributed by atoms with Gasteiger partial charge >= 0.3 is 0 Å². The zero-order chi connectivity index (χ0) is 11.9. The van der Waals surface area contributed by atoms with Crippen molar-refractivity contribution in [3.05, 3.63) is 34.0 Å². The molecule has 1 heterocycles. The van der Waals surface area contributed by atoms with E-state index in [0.717, 1.165) is 11.1 Å². The molecule has 16 heavy (non-hydrogen) atoms. The fourth-order valence-electron chi connectivity index (χ4n) is 1.57. The number of furan rings is 1. The molecule has 1 aromatic carbocycles. The van der Waals surface area contributed by atoms with Gasteiger partial charge in [0.15, 0.2) is 5.58 Å². The topological polar surface area (TPSA) is 39.2 Å². The normalized spacial score (nSPS) is 13.6. The van der Waals surface area contributed by atoms with Gasteiger partial charge in [0.05, 0.1) is 16.1 Å². The summed E-state index contributed by atoms with van der Waals surface area (Å²) < 4.78 is 5.66. The van der Waals surface area contributed by atoms with Crippen molar-refractivity contribution in [2.45, 2.75) is 19.9 Å². The van der Waals surface area contributed by atoms with Gasteiger partial charge in [-0.2, -0.15) is 0 Å². The lowest BCUT2D eigenvalue weighted by molar-refractivity contribution is 0.418. The Morgan fingerprint density at radius 1 is 1.19 bits per heavy atom. The Morgan fingerprint density at radius 2 is 1.81 bits per heavy atom. The fraction of sp³-hybridized carbons (Fsp3) is 0.333. The van der Waals surface area contributed by atoms with Crippen LogP contribution >= 0.6 is 23.2 Å². The van der Waals surface area contributed by atoms with E-state index in [1.54, 1.807) is 12.1 Å². The maximum atomic E-state index is 6.07. The van der Waals surface area contributed by atoms with Crippen molar-refractivity contribution >= 4 is 34.2 Å². The van der Waals surface area contributed by atoms with Crippen LogP contribution in [0.2, 0.25) is 10.0 Å². The van der Waals surface area contributed by atoms with Crippen molar-refractivity contribution < 1.29 is 4.42 Å². The van der Waals surface area contributed by atoms with Crippen molar-refractivity contribution in [2.24, 2.45) is 11.7 Å². The lowest BCUT2D eigenvalue weighted by atomic mass is 10.0. The van der Waals surface area contributed by atoms with E-state index in [-0.39, 0.29) is 6.04 Å². The summed E-state index contributed by atoms with van der Waals surface area (Å²) in [5.74, 6) is 1.03. The fourth-order valence-corrected chi connectivity index (χ4v) is 1.98. The summed E-state index contributed by atoms with van der Waals surface area (Å²) in [7, 11) is 0. The molecule has 0 radical (unpaired) electrons. The van der Waals surface area contributed by atoms with Gasteiger partial charge in [-0.05, 0) is 24.1 Å². The molecule has 2 rings (SSSR count). The molecule has 0 spiro atoms. The molecule has 0 aliphatic rings. The molecule has 0 bridgehead atoms. The minimum Gasteiger partial charge on any atom is -0.458 e. The summed E-state index contributed by atoms with van der Waals surface area (Å²) in [6.07, 6.45) is 0. The highest BCUT2D eigenvalue weighted by Gasteiger charge is 2.17. The molecule has 2 nitrogen and oxygen atoms in total. The number of hydrogen-bond acceptors (Lipinski definition) is 2. The first-order chi connectivity index (χ1) is 7.50. The van der Waals surface area contributed by atoms with Crippen molar-refractivity contribution in [3.8, 4) is 0 Å². The molecule has 0 unspecified atom stereocenters. The molecule has 4 heteroatoms. The summed E-state index contributed by atoms with van der Waals surface area (Å²) in [6.45, 7) is 4.09. The van der Waals surface area contributed by atoms with Crippen molar-refractivity contribution in [1.29, 1.82) is 0 Å². The third-order valence-electron chi connectivity index (χ3n) is 2.65. The zero-order valence-electron chi connectivity index (χ0n) is 9.13. The molecule has 2 N–H and O–H groups in total. The SMILES string of the molecule is CC(C)[C@@H](N)c1cc2c(Cl)ccc(Cl)c2o1. The van der Waals surface area contributed by atoms with Gasteiger partial charge in [-0.3, -0.25) is 0 Å². The number of hydrogen-bond donors (Lipinski definition) is 1. The molecule has 0 aliphatic heterocycles. The van der Waals surface area contributed by atoms with Gasteiger partial charge in [-0.25, -0.2) is 0 Å². The second kappa shape index (κ2) is 4.28. The standard InChI is InChI=1S/C12H13Cl2NO/c1-6(2)11(15)10-5-7-8(13)3-4-9(14)12(7)16-10/h3-6,11H,15H2,1-2H3/t11-/m1/s1. The minimum atomic E-state index is -0.139. The van der Waals surface area contributed by atoms with E-state index in [2.05, 4.69) is 0 Å². The highest BCUT2D eigenvalue weighted by Crippen LogP contribution is 2.35.